The Hall–Kier alpha value is -0.200. The first kappa shape index (κ1) is 25.8. The fourth-order valence-electron chi connectivity index (χ4n) is 4.55. The molecule has 3 aliphatic heterocycles. The van der Waals surface area contributed by atoms with Gasteiger partial charge in [0.1, 0.15) is 0 Å². The molecule has 1 atom stereocenters. The molecule has 3 saturated heterocycles. The minimum Gasteiger partial charge on any atom is -0.374 e. The Morgan fingerprint density at radius 3 is 1.96 bits per heavy atom. The van der Waals surface area contributed by atoms with E-state index in [1.807, 2.05) is 27.7 Å². The van der Waals surface area contributed by atoms with Gasteiger partial charge < -0.3 is 9.64 Å². The molecular formula is C23H50N4O. The molecule has 0 bridgehead atoms. The lowest BCUT2D eigenvalue weighted by molar-refractivity contribution is -0.0475. The summed E-state index contributed by atoms with van der Waals surface area (Å²) in [6.07, 6.45) is 3.10. The molecule has 0 aromatic carbocycles. The molecule has 0 aliphatic carbocycles. The normalized spacial score (nSPS) is 26.4. The lowest BCUT2D eigenvalue weighted by atomic mass is 10.0. The lowest BCUT2D eigenvalue weighted by Gasteiger charge is -2.44. The Labute approximate surface area is 176 Å². The van der Waals surface area contributed by atoms with Crippen LogP contribution in [0.1, 0.15) is 61.3 Å². The fraction of sp³-hybridized carbons (Fsp3) is 1.00. The van der Waals surface area contributed by atoms with Gasteiger partial charge in [-0.2, -0.15) is 0 Å². The zero-order chi connectivity index (χ0) is 20.9. The minimum atomic E-state index is 0.421. The Morgan fingerprint density at radius 1 is 0.821 bits per heavy atom. The smallest absolute Gasteiger partial charge is 0.0829 e. The molecule has 0 spiro atoms. The number of rotatable bonds is 5. The number of likely N-dealkylation sites (N-methyl/N-ethyl adjacent to an activating group) is 1. The third-order valence-electron chi connectivity index (χ3n) is 6.28. The summed E-state index contributed by atoms with van der Waals surface area (Å²) >= 11 is 0. The van der Waals surface area contributed by atoms with E-state index in [0.717, 1.165) is 38.8 Å². The van der Waals surface area contributed by atoms with Crippen LogP contribution in [0.3, 0.4) is 0 Å². The zero-order valence-electron chi connectivity index (χ0n) is 20.1. The van der Waals surface area contributed by atoms with Crippen molar-refractivity contribution < 1.29 is 4.74 Å². The molecule has 0 amide bonds. The summed E-state index contributed by atoms with van der Waals surface area (Å²) in [6.45, 7) is 27.9. The molecule has 0 saturated carbocycles. The van der Waals surface area contributed by atoms with Crippen molar-refractivity contribution in [3.05, 3.63) is 0 Å². The first-order valence-electron chi connectivity index (χ1n) is 12.2. The van der Waals surface area contributed by atoms with Crippen molar-refractivity contribution >= 4 is 0 Å². The van der Waals surface area contributed by atoms with E-state index in [-0.39, 0.29) is 0 Å². The van der Waals surface area contributed by atoms with Crippen LogP contribution in [0, 0.1) is 0 Å². The number of piperidine rings is 1. The molecule has 5 nitrogen and oxygen atoms in total. The monoisotopic (exact) mass is 398 g/mol. The Bertz CT molecular complexity index is 364. The van der Waals surface area contributed by atoms with Crippen LogP contribution < -0.4 is 0 Å². The topological polar surface area (TPSA) is 22.2 Å². The second-order valence-corrected chi connectivity index (χ2v) is 8.08. The summed E-state index contributed by atoms with van der Waals surface area (Å²) in [5, 5.41) is 0. The Morgan fingerprint density at radius 2 is 1.43 bits per heavy atom. The van der Waals surface area contributed by atoms with E-state index in [9.17, 15) is 0 Å². The number of hydrogen-bond donors (Lipinski definition) is 0. The van der Waals surface area contributed by atoms with Gasteiger partial charge in [0.25, 0.3) is 0 Å². The van der Waals surface area contributed by atoms with Crippen molar-refractivity contribution in [3.63, 3.8) is 0 Å². The van der Waals surface area contributed by atoms with Gasteiger partial charge in [-0.05, 0) is 46.3 Å². The highest BCUT2D eigenvalue weighted by Crippen LogP contribution is 2.20. The van der Waals surface area contributed by atoms with Gasteiger partial charge in [0.05, 0.1) is 12.7 Å². The first-order valence-corrected chi connectivity index (χ1v) is 12.2. The third-order valence-corrected chi connectivity index (χ3v) is 6.28. The van der Waals surface area contributed by atoms with Gasteiger partial charge in [-0.25, -0.2) is 0 Å². The molecule has 1 unspecified atom stereocenters. The molecule has 3 aliphatic rings. The Balaban J connectivity index is 0.000000921. The van der Waals surface area contributed by atoms with E-state index in [1.165, 1.54) is 52.1 Å². The summed E-state index contributed by atoms with van der Waals surface area (Å²) in [6, 6.07) is 1.52. The molecule has 3 fully saturated rings. The van der Waals surface area contributed by atoms with Crippen LogP contribution in [0.2, 0.25) is 0 Å². The van der Waals surface area contributed by atoms with E-state index in [2.05, 4.69) is 40.4 Å². The largest absolute Gasteiger partial charge is 0.374 e. The highest BCUT2D eigenvalue weighted by Gasteiger charge is 2.29. The molecule has 3 rings (SSSR count). The SMILES string of the molecule is CC.CC.CCN1CCOC(CN2CCC(N3CCN(C(C)C)CC3)CC2)C1. The molecule has 0 aromatic heterocycles. The van der Waals surface area contributed by atoms with Crippen LogP contribution in [-0.2, 0) is 4.74 Å². The van der Waals surface area contributed by atoms with Crippen LogP contribution in [-0.4, -0.2) is 110 Å². The van der Waals surface area contributed by atoms with E-state index < -0.39 is 0 Å². The number of morpholine rings is 1. The maximum atomic E-state index is 5.99. The lowest BCUT2D eigenvalue weighted by Crippen LogP contribution is -2.55. The van der Waals surface area contributed by atoms with E-state index in [1.54, 1.807) is 0 Å². The molecular weight excluding hydrogens is 348 g/mol. The summed E-state index contributed by atoms with van der Waals surface area (Å²) in [7, 11) is 0. The molecule has 0 aromatic rings. The van der Waals surface area contributed by atoms with E-state index in [4.69, 9.17) is 4.74 Å². The van der Waals surface area contributed by atoms with Crippen molar-refractivity contribution in [3.8, 4) is 0 Å². The Kier molecular flexibility index (Phi) is 13.6. The van der Waals surface area contributed by atoms with Gasteiger partial charge in [-0.15, -0.1) is 0 Å². The highest BCUT2D eigenvalue weighted by atomic mass is 16.5. The molecule has 168 valence electrons. The van der Waals surface area contributed by atoms with Gasteiger partial charge in [0.2, 0.25) is 0 Å². The van der Waals surface area contributed by atoms with Gasteiger partial charge in [-0.1, -0.05) is 34.6 Å². The summed E-state index contributed by atoms with van der Waals surface area (Å²) in [4.78, 5) is 10.5. The average Bonchev–Trinajstić information content (AvgIpc) is 2.77. The second kappa shape index (κ2) is 14.7. The molecule has 0 N–H and O–H groups in total. The number of nitrogens with zero attached hydrogens (tertiary/aromatic N) is 4. The van der Waals surface area contributed by atoms with Gasteiger partial charge in [0.15, 0.2) is 0 Å². The van der Waals surface area contributed by atoms with E-state index in [0.29, 0.717) is 12.1 Å². The van der Waals surface area contributed by atoms with Crippen LogP contribution in [0.4, 0.5) is 0 Å². The van der Waals surface area contributed by atoms with Crippen LogP contribution in [0.5, 0.6) is 0 Å². The van der Waals surface area contributed by atoms with Gasteiger partial charge in [-0.3, -0.25) is 14.7 Å². The maximum Gasteiger partial charge on any atom is 0.0829 e. The molecule has 5 heteroatoms. The number of piperazine rings is 1. The predicted octanol–water partition coefficient (Wildman–Crippen LogP) is 3.25. The highest BCUT2D eigenvalue weighted by molar-refractivity contribution is 4.85. The van der Waals surface area contributed by atoms with Gasteiger partial charge >= 0.3 is 0 Å². The minimum absolute atomic E-state index is 0.421. The van der Waals surface area contributed by atoms with Crippen LogP contribution in [0.15, 0.2) is 0 Å². The standard InChI is InChI=1S/C19H38N4O.2C2H6/c1-4-20-13-14-24-19(15-20)16-21-7-5-18(6-8-21)23-11-9-22(10-12-23)17(2)3;2*1-2/h17-19H,4-16H2,1-3H3;2*1-2H3. The summed E-state index contributed by atoms with van der Waals surface area (Å²) < 4.78 is 5.99. The molecule has 0 radical (unpaired) electrons. The maximum absolute atomic E-state index is 5.99. The van der Waals surface area contributed by atoms with Crippen molar-refractivity contribution in [1.82, 2.24) is 19.6 Å². The fourth-order valence-corrected chi connectivity index (χ4v) is 4.55. The van der Waals surface area contributed by atoms with Crippen molar-refractivity contribution in [2.75, 3.05) is 72.1 Å². The van der Waals surface area contributed by atoms with Crippen LogP contribution in [0.25, 0.3) is 0 Å². The number of hydrogen-bond acceptors (Lipinski definition) is 5. The zero-order valence-corrected chi connectivity index (χ0v) is 20.1. The number of ether oxygens (including phenoxy) is 1. The van der Waals surface area contributed by atoms with Crippen LogP contribution >= 0.6 is 0 Å². The quantitative estimate of drug-likeness (QED) is 0.707. The molecule has 28 heavy (non-hydrogen) atoms. The average molecular weight is 399 g/mol. The van der Waals surface area contributed by atoms with Crippen molar-refractivity contribution in [2.45, 2.75) is 79.5 Å². The van der Waals surface area contributed by atoms with Gasteiger partial charge in [0, 0.05) is 57.9 Å². The summed E-state index contributed by atoms with van der Waals surface area (Å²) in [5.74, 6) is 0. The first-order chi connectivity index (χ1) is 13.7. The molecule has 3 heterocycles. The van der Waals surface area contributed by atoms with Crippen molar-refractivity contribution in [2.24, 2.45) is 0 Å². The third kappa shape index (κ3) is 8.27. The summed E-state index contributed by atoms with van der Waals surface area (Å²) in [5.41, 5.74) is 0. The van der Waals surface area contributed by atoms with Crippen molar-refractivity contribution in [1.29, 1.82) is 0 Å². The second-order valence-electron chi connectivity index (χ2n) is 8.08. The number of likely N-dealkylation sites (tertiary alicyclic amines) is 1. The predicted molar refractivity (Wildman–Crippen MR) is 122 cm³/mol. The van der Waals surface area contributed by atoms with E-state index >= 15 is 0 Å².